The Bertz CT molecular complexity index is 461. The van der Waals surface area contributed by atoms with Crippen molar-refractivity contribution in [2.24, 2.45) is 0 Å². The Hall–Kier alpha value is -0.380. The van der Waals surface area contributed by atoms with Crippen LogP contribution in [0.15, 0.2) is 11.4 Å². The van der Waals surface area contributed by atoms with E-state index in [0.717, 1.165) is 0 Å². The van der Waals surface area contributed by atoms with Gasteiger partial charge in [0.05, 0.1) is 11.7 Å². The molecule has 1 saturated heterocycles. The Morgan fingerprint density at radius 1 is 1.26 bits per heavy atom. The molecular weight excluding hydrogens is 254 g/mol. The Labute approximate surface area is 119 Å². The smallest absolute Gasteiger partial charge is 0.0970 e. The Balaban J connectivity index is 1.73. The third-order valence-corrected chi connectivity index (χ3v) is 6.45. The number of likely N-dealkylation sites (tertiary alicyclic amines) is 1. The fourth-order valence-corrected chi connectivity index (χ4v) is 5.42. The van der Waals surface area contributed by atoms with Gasteiger partial charge >= 0.3 is 0 Å². The largest absolute Gasteiger partial charge is 0.366 e. The number of hydrogen-bond acceptors (Lipinski definition) is 3. The molecule has 1 aliphatic carbocycles. The van der Waals surface area contributed by atoms with Crippen LogP contribution in [0.3, 0.4) is 0 Å². The quantitative estimate of drug-likeness (QED) is 0.716. The molecule has 3 aliphatic rings. The van der Waals surface area contributed by atoms with Gasteiger partial charge in [0, 0.05) is 23.9 Å². The van der Waals surface area contributed by atoms with E-state index in [2.05, 4.69) is 23.4 Å². The van der Waals surface area contributed by atoms with Gasteiger partial charge in [0.15, 0.2) is 0 Å². The van der Waals surface area contributed by atoms with Crippen LogP contribution in [0.4, 0.5) is 0 Å². The maximum absolute atomic E-state index is 6.73. The van der Waals surface area contributed by atoms with Gasteiger partial charge in [-0.15, -0.1) is 11.3 Å². The van der Waals surface area contributed by atoms with Gasteiger partial charge < -0.3 is 9.64 Å². The molecule has 3 heterocycles. The van der Waals surface area contributed by atoms with Crippen molar-refractivity contribution >= 4 is 11.3 Å². The van der Waals surface area contributed by atoms with Gasteiger partial charge in [-0.2, -0.15) is 0 Å². The van der Waals surface area contributed by atoms with Crippen molar-refractivity contribution in [2.75, 3.05) is 20.1 Å². The number of thiophene rings is 1. The Morgan fingerprint density at radius 2 is 2.05 bits per heavy atom. The second kappa shape index (κ2) is 4.57. The molecule has 2 nitrogen and oxygen atoms in total. The zero-order chi connectivity index (χ0) is 12.9. The van der Waals surface area contributed by atoms with E-state index in [1.165, 1.54) is 51.6 Å². The van der Waals surface area contributed by atoms with Gasteiger partial charge in [-0.25, -0.2) is 0 Å². The van der Waals surface area contributed by atoms with Crippen molar-refractivity contribution in [1.29, 1.82) is 0 Å². The number of piperidine rings is 1. The summed E-state index contributed by atoms with van der Waals surface area (Å²) in [6.45, 7) is 2.35. The third kappa shape index (κ3) is 1.90. The first-order chi connectivity index (χ1) is 9.28. The number of ether oxygens (including phenoxy) is 1. The summed E-state index contributed by atoms with van der Waals surface area (Å²) in [6.07, 6.45) is 8.22. The van der Waals surface area contributed by atoms with Gasteiger partial charge in [-0.1, -0.05) is 12.8 Å². The van der Waals surface area contributed by atoms with Crippen LogP contribution in [0, 0.1) is 0 Å². The monoisotopic (exact) mass is 277 g/mol. The summed E-state index contributed by atoms with van der Waals surface area (Å²) >= 11 is 1.99. The second-order valence-electron chi connectivity index (χ2n) is 6.54. The highest BCUT2D eigenvalue weighted by Crippen LogP contribution is 2.52. The van der Waals surface area contributed by atoms with Crippen LogP contribution >= 0.6 is 11.3 Å². The van der Waals surface area contributed by atoms with Crippen molar-refractivity contribution in [1.82, 2.24) is 4.90 Å². The van der Waals surface area contributed by atoms with Crippen LogP contribution in [0.5, 0.6) is 0 Å². The molecule has 2 aliphatic heterocycles. The zero-order valence-electron chi connectivity index (χ0n) is 11.7. The van der Waals surface area contributed by atoms with E-state index in [4.69, 9.17) is 4.74 Å². The van der Waals surface area contributed by atoms with Crippen LogP contribution in [0.1, 0.15) is 54.9 Å². The van der Waals surface area contributed by atoms with E-state index < -0.39 is 0 Å². The Morgan fingerprint density at radius 3 is 2.89 bits per heavy atom. The topological polar surface area (TPSA) is 12.5 Å². The van der Waals surface area contributed by atoms with Crippen LogP contribution in [-0.2, 0) is 10.3 Å². The van der Waals surface area contributed by atoms with Gasteiger partial charge in [-0.05, 0) is 49.7 Å². The molecule has 2 fully saturated rings. The van der Waals surface area contributed by atoms with Crippen molar-refractivity contribution in [3.05, 3.63) is 21.9 Å². The highest BCUT2D eigenvalue weighted by molar-refractivity contribution is 7.10. The first-order valence-corrected chi connectivity index (χ1v) is 8.61. The number of rotatable bonds is 0. The maximum Gasteiger partial charge on any atom is 0.0970 e. The molecule has 2 atom stereocenters. The fraction of sp³-hybridized carbons (Fsp3) is 0.750. The maximum atomic E-state index is 6.73. The Kier molecular flexibility index (Phi) is 2.98. The molecular formula is C16H23NOS. The first-order valence-electron chi connectivity index (χ1n) is 7.73. The summed E-state index contributed by atoms with van der Waals surface area (Å²) in [5, 5.41) is 2.30. The summed E-state index contributed by atoms with van der Waals surface area (Å²) < 4.78 is 6.73. The lowest BCUT2D eigenvalue weighted by atomic mass is 9.74. The molecule has 1 spiro atoms. The number of nitrogens with zero attached hydrogens (tertiary/aromatic N) is 1. The highest BCUT2D eigenvalue weighted by atomic mass is 32.1. The molecule has 4 rings (SSSR count). The van der Waals surface area contributed by atoms with Crippen molar-refractivity contribution in [2.45, 2.75) is 56.1 Å². The molecule has 3 heteroatoms. The average molecular weight is 277 g/mol. The summed E-state index contributed by atoms with van der Waals surface area (Å²) in [7, 11) is 2.23. The second-order valence-corrected chi connectivity index (χ2v) is 7.49. The molecule has 0 aromatic carbocycles. The van der Waals surface area contributed by atoms with Gasteiger partial charge in [0.25, 0.3) is 0 Å². The van der Waals surface area contributed by atoms with E-state index >= 15 is 0 Å². The van der Waals surface area contributed by atoms with Crippen molar-refractivity contribution in [3.8, 4) is 0 Å². The minimum atomic E-state index is 0.0559. The van der Waals surface area contributed by atoms with E-state index in [9.17, 15) is 0 Å². The zero-order valence-corrected chi connectivity index (χ0v) is 12.5. The molecule has 1 aromatic rings. The lowest BCUT2D eigenvalue weighted by molar-refractivity contribution is -0.154. The average Bonchev–Trinajstić information content (AvgIpc) is 2.93. The number of fused-ring (bicyclic) bond motifs is 4. The summed E-state index contributed by atoms with van der Waals surface area (Å²) in [5.74, 6) is 0.703. The summed E-state index contributed by atoms with van der Waals surface area (Å²) in [5.41, 5.74) is 1.61. The first kappa shape index (κ1) is 12.4. The molecule has 1 aromatic heterocycles. The van der Waals surface area contributed by atoms with Crippen molar-refractivity contribution < 1.29 is 4.74 Å². The van der Waals surface area contributed by atoms with Crippen molar-refractivity contribution in [3.63, 3.8) is 0 Å². The lowest BCUT2D eigenvalue weighted by Crippen LogP contribution is -2.49. The SMILES string of the molecule is CN1CCC2(CC1)O[C@H]1CCCC[C@@H]1c1sccc12. The fourth-order valence-electron chi connectivity index (χ4n) is 4.24. The van der Waals surface area contributed by atoms with E-state index in [0.29, 0.717) is 12.0 Å². The van der Waals surface area contributed by atoms with Gasteiger partial charge in [-0.3, -0.25) is 0 Å². The van der Waals surface area contributed by atoms with Crippen LogP contribution < -0.4 is 0 Å². The van der Waals surface area contributed by atoms with Gasteiger partial charge in [0.1, 0.15) is 0 Å². The normalized spacial score (nSPS) is 33.9. The predicted molar refractivity (Wildman–Crippen MR) is 78.8 cm³/mol. The standard InChI is InChI=1S/C16H23NOS/c1-17-9-7-16(8-10-17)13-6-11-19-15(13)12-4-2-3-5-14(12)18-16/h6,11-12,14H,2-5,7-10H2,1H3/t12-,14-/m0/s1. The summed E-state index contributed by atoms with van der Waals surface area (Å²) in [4.78, 5) is 4.11. The molecule has 0 N–H and O–H groups in total. The number of hydrogen-bond donors (Lipinski definition) is 0. The highest BCUT2D eigenvalue weighted by Gasteiger charge is 2.47. The molecule has 0 radical (unpaired) electrons. The molecule has 0 bridgehead atoms. The molecule has 1 saturated carbocycles. The van der Waals surface area contributed by atoms with E-state index in [1.807, 2.05) is 11.3 Å². The van der Waals surface area contributed by atoms with E-state index in [1.54, 1.807) is 10.4 Å². The lowest BCUT2D eigenvalue weighted by Gasteiger charge is -2.49. The molecule has 19 heavy (non-hydrogen) atoms. The summed E-state index contributed by atoms with van der Waals surface area (Å²) in [6, 6.07) is 2.36. The third-order valence-electron chi connectivity index (χ3n) is 5.40. The van der Waals surface area contributed by atoms with Crippen LogP contribution in [0.25, 0.3) is 0 Å². The van der Waals surface area contributed by atoms with E-state index in [-0.39, 0.29) is 5.60 Å². The molecule has 104 valence electrons. The predicted octanol–water partition coefficient (Wildman–Crippen LogP) is 3.73. The minimum Gasteiger partial charge on any atom is -0.366 e. The molecule has 0 unspecified atom stereocenters. The van der Waals surface area contributed by atoms with Crippen LogP contribution in [-0.4, -0.2) is 31.1 Å². The minimum absolute atomic E-state index is 0.0559. The van der Waals surface area contributed by atoms with Gasteiger partial charge in [0.2, 0.25) is 0 Å². The van der Waals surface area contributed by atoms with Crippen LogP contribution in [0.2, 0.25) is 0 Å². The molecule has 0 amide bonds.